The Balaban J connectivity index is 1.54. The molecule has 3 aromatic rings. The Morgan fingerprint density at radius 2 is 2.00 bits per heavy atom. The largest absolute Gasteiger partial charge is 0.445 e. The van der Waals surface area contributed by atoms with Crippen molar-refractivity contribution in [3.05, 3.63) is 69.8 Å². The first kappa shape index (κ1) is 16.6. The van der Waals surface area contributed by atoms with Crippen molar-refractivity contribution in [1.29, 1.82) is 0 Å². The van der Waals surface area contributed by atoms with E-state index in [9.17, 15) is 4.79 Å². The quantitative estimate of drug-likeness (QED) is 0.666. The molecule has 4 nitrogen and oxygen atoms in total. The zero-order chi connectivity index (χ0) is 16.9. The maximum absolute atomic E-state index is 11.8. The molecular weight excluding hydrogens is 368 g/mol. The lowest BCUT2D eigenvalue weighted by molar-refractivity contribution is 0.140. The lowest BCUT2D eigenvalue weighted by atomic mass is 10.1. The highest BCUT2D eigenvalue weighted by molar-refractivity contribution is 9.10. The summed E-state index contributed by atoms with van der Waals surface area (Å²) in [5, 5.41) is 3.99. The Morgan fingerprint density at radius 3 is 2.79 bits per heavy atom. The molecule has 3 rings (SSSR count). The molecule has 0 unspecified atom stereocenters. The lowest BCUT2D eigenvalue weighted by Crippen LogP contribution is -2.26. The topological polar surface area (TPSA) is 54.1 Å². The molecule has 0 fully saturated rings. The molecule has 0 saturated heterocycles. The summed E-state index contributed by atoms with van der Waals surface area (Å²) in [4.78, 5) is 15.2. The molecule has 0 atom stereocenters. The van der Waals surface area contributed by atoms with Gasteiger partial charge in [0.2, 0.25) is 0 Å². The third kappa shape index (κ3) is 3.97. The molecule has 5 heteroatoms. The van der Waals surface area contributed by atoms with Crippen LogP contribution in [0.25, 0.3) is 10.9 Å². The number of carbonyl (C=O) groups is 1. The molecule has 0 spiro atoms. The molecule has 2 aromatic carbocycles. The minimum absolute atomic E-state index is 0.283. The number of hydrogen-bond acceptors (Lipinski definition) is 2. The molecule has 2 N–H and O–H groups in total. The summed E-state index contributed by atoms with van der Waals surface area (Å²) in [7, 11) is 0. The molecule has 0 aliphatic rings. The van der Waals surface area contributed by atoms with E-state index in [4.69, 9.17) is 4.74 Å². The first-order valence-electron chi connectivity index (χ1n) is 7.85. The van der Waals surface area contributed by atoms with Crippen LogP contribution in [0.4, 0.5) is 4.79 Å². The molecule has 1 amide bonds. The van der Waals surface area contributed by atoms with Gasteiger partial charge in [0.1, 0.15) is 6.61 Å². The van der Waals surface area contributed by atoms with Crippen molar-refractivity contribution in [3.63, 3.8) is 0 Å². The molecule has 0 radical (unpaired) electrons. The van der Waals surface area contributed by atoms with Gasteiger partial charge in [-0.05, 0) is 42.7 Å². The Bertz CT molecular complexity index is 843. The Morgan fingerprint density at radius 1 is 1.21 bits per heavy atom. The van der Waals surface area contributed by atoms with Gasteiger partial charge in [-0.25, -0.2) is 4.79 Å². The second-order valence-corrected chi connectivity index (χ2v) is 6.57. The number of benzene rings is 2. The van der Waals surface area contributed by atoms with Crippen molar-refractivity contribution in [2.45, 2.75) is 20.0 Å². The third-order valence-electron chi connectivity index (χ3n) is 3.94. The maximum atomic E-state index is 11.8. The highest BCUT2D eigenvalue weighted by Gasteiger charge is 2.09. The van der Waals surface area contributed by atoms with Crippen molar-refractivity contribution in [1.82, 2.24) is 10.3 Å². The van der Waals surface area contributed by atoms with Crippen LogP contribution in [0, 0.1) is 6.92 Å². The minimum atomic E-state index is -0.391. The van der Waals surface area contributed by atoms with E-state index in [1.54, 1.807) is 0 Å². The molecule has 0 saturated carbocycles. The van der Waals surface area contributed by atoms with Crippen LogP contribution in [-0.2, 0) is 17.8 Å². The first-order valence-corrected chi connectivity index (χ1v) is 8.64. The van der Waals surface area contributed by atoms with Gasteiger partial charge in [-0.1, -0.05) is 46.3 Å². The van der Waals surface area contributed by atoms with E-state index in [0.29, 0.717) is 6.54 Å². The number of aromatic nitrogens is 1. The van der Waals surface area contributed by atoms with Gasteiger partial charge < -0.3 is 15.0 Å². The van der Waals surface area contributed by atoms with Crippen molar-refractivity contribution >= 4 is 32.9 Å². The highest BCUT2D eigenvalue weighted by atomic mass is 79.9. The van der Waals surface area contributed by atoms with E-state index >= 15 is 0 Å². The van der Waals surface area contributed by atoms with Crippen LogP contribution < -0.4 is 5.32 Å². The fourth-order valence-electron chi connectivity index (χ4n) is 2.74. The number of halogens is 1. The number of ether oxygens (including phenoxy) is 1. The van der Waals surface area contributed by atoms with Crippen LogP contribution in [0.2, 0.25) is 0 Å². The highest BCUT2D eigenvalue weighted by Crippen LogP contribution is 2.25. The summed E-state index contributed by atoms with van der Waals surface area (Å²) >= 11 is 3.51. The van der Waals surface area contributed by atoms with E-state index < -0.39 is 6.09 Å². The number of hydrogen-bond donors (Lipinski definition) is 2. The molecule has 1 heterocycles. The summed E-state index contributed by atoms with van der Waals surface area (Å²) in [5.74, 6) is 0. The zero-order valence-electron chi connectivity index (χ0n) is 13.4. The average molecular weight is 387 g/mol. The van der Waals surface area contributed by atoms with Gasteiger partial charge in [0.25, 0.3) is 0 Å². The number of alkyl carbamates (subject to hydrolysis) is 1. The molecule has 24 heavy (non-hydrogen) atoms. The van der Waals surface area contributed by atoms with Gasteiger partial charge in [-0.3, -0.25) is 0 Å². The molecular formula is C19H19BrN2O2. The van der Waals surface area contributed by atoms with Gasteiger partial charge >= 0.3 is 6.09 Å². The van der Waals surface area contributed by atoms with Gasteiger partial charge in [0.05, 0.1) is 0 Å². The summed E-state index contributed by atoms with van der Waals surface area (Å²) in [6.45, 7) is 2.87. The van der Waals surface area contributed by atoms with E-state index in [1.165, 1.54) is 10.9 Å². The molecule has 0 bridgehead atoms. The number of nitrogens with one attached hydrogen (secondary N) is 2. The Labute approximate surface area is 149 Å². The predicted molar refractivity (Wildman–Crippen MR) is 99.1 cm³/mol. The average Bonchev–Trinajstić information content (AvgIpc) is 2.89. The zero-order valence-corrected chi connectivity index (χ0v) is 15.0. The smallest absolute Gasteiger partial charge is 0.407 e. The Kier molecular flexibility index (Phi) is 5.20. The van der Waals surface area contributed by atoms with E-state index in [1.807, 2.05) is 36.4 Å². The van der Waals surface area contributed by atoms with E-state index in [0.717, 1.165) is 27.7 Å². The normalized spacial score (nSPS) is 10.8. The molecule has 0 aliphatic carbocycles. The SMILES string of the molecule is Cc1[nH]c2ccc(Br)cc2c1CCNC(=O)OCc1ccccc1. The van der Waals surface area contributed by atoms with Crippen LogP contribution in [0.15, 0.2) is 53.0 Å². The van der Waals surface area contributed by atoms with Crippen LogP contribution >= 0.6 is 15.9 Å². The Hall–Kier alpha value is -2.27. The van der Waals surface area contributed by atoms with Crippen LogP contribution in [-0.4, -0.2) is 17.6 Å². The number of aryl methyl sites for hydroxylation is 1. The summed E-state index contributed by atoms with van der Waals surface area (Å²) in [5.41, 5.74) is 4.43. The lowest BCUT2D eigenvalue weighted by Gasteiger charge is -2.07. The van der Waals surface area contributed by atoms with Crippen molar-refractivity contribution in [2.75, 3.05) is 6.54 Å². The van der Waals surface area contributed by atoms with Gasteiger partial charge in [-0.15, -0.1) is 0 Å². The molecule has 1 aromatic heterocycles. The third-order valence-corrected chi connectivity index (χ3v) is 4.43. The number of amides is 1. The first-order chi connectivity index (χ1) is 11.6. The summed E-state index contributed by atoms with van der Waals surface area (Å²) in [6, 6.07) is 15.8. The standard InChI is InChI=1S/C19H19BrN2O2/c1-13-16(17-11-15(20)7-8-18(17)22-13)9-10-21-19(23)24-12-14-5-3-2-4-6-14/h2-8,11,22H,9-10,12H2,1H3,(H,21,23). The monoisotopic (exact) mass is 386 g/mol. The minimum Gasteiger partial charge on any atom is -0.445 e. The van der Waals surface area contributed by atoms with Crippen LogP contribution in [0.5, 0.6) is 0 Å². The van der Waals surface area contributed by atoms with Crippen molar-refractivity contribution in [3.8, 4) is 0 Å². The number of aromatic amines is 1. The fourth-order valence-corrected chi connectivity index (χ4v) is 3.10. The van der Waals surface area contributed by atoms with Gasteiger partial charge in [0, 0.05) is 27.6 Å². The van der Waals surface area contributed by atoms with Crippen molar-refractivity contribution in [2.24, 2.45) is 0 Å². The molecule has 0 aliphatic heterocycles. The van der Waals surface area contributed by atoms with Crippen molar-refractivity contribution < 1.29 is 9.53 Å². The number of rotatable bonds is 5. The second kappa shape index (κ2) is 7.53. The predicted octanol–water partition coefficient (Wildman–Crippen LogP) is 4.71. The molecule has 124 valence electrons. The summed E-state index contributed by atoms with van der Waals surface area (Å²) in [6.07, 6.45) is 0.362. The second-order valence-electron chi connectivity index (χ2n) is 5.66. The van der Waals surface area contributed by atoms with Gasteiger partial charge in [-0.2, -0.15) is 0 Å². The van der Waals surface area contributed by atoms with Crippen LogP contribution in [0.1, 0.15) is 16.8 Å². The van der Waals surface area contributed by atoms with Gasteiger partial charge in [0.15, 0.2) is 0 Å². The van der Waals surface area contributed by atoms with Crippen LogP contribution in [0.3, 0.4) is 0 Å². The fraction of sp³-hybridized carbons (Fsp3) is 0.211. The summed E-state index contributed by atoms with van der Waals surface area (Å²) < 4.78 is 6.27. The van der Waals surface area contributed by atoms with E-state index in [-0.39, 0.29) is 6.61 Å². The maximum Gasteiger partial charge on any atom is 0.407 e. The van der Waals surface area contributed by atoms with E-state index in [2.05, 4.69) is 45.3 Å². The number of carbonyl (C=O) groups excluding carboxylic acids is 1. The number of fused-ring (bicyclic) bond motifs is 1. The number of H-pyrrole nitrogens is 1.